The van der Waals surface area contributed by atoms with Gasteiger partial charge in [-0.05, 0) is 49.4 Å². The molecule has 0 heterocycles. The Hall–Kier alpha value is -3.18. The van der Waals surface area contributed by atoms with Crippen LogP contribution in [0.2, 0.25) is 0 Å². The maximum Gasteiger partial charge on any atom is 0.246 e. The number of nitrogens with one attached hydrogen (secondary N) is 1. The second-order valence-electron chi connectivity index (χ2n) is 6.77. The molecule has 5 heteroatoms. The minimum Gasteiger partial charge on any atom is -0.492 e. The molecule has 0 saturated carbocycles. The number of halogens is 1. The van der Waals surface area contributed by atoms with Crippen LogP contribution in [0.25, 0.3) is 0 Å². The second kappa shape index (κ2) is 9.85. The first-order chi connectivity index (χ1) is 14.1. The molecular weight excluding hydrogens is 367 g/mol. The van der Waals surface area contributed by atoms with Gasteiger partial charge in [-0.2, -0.15) is 0 Å². The van der Waals surface area contributed by atoms with E-state index in [1.54, 1.807) is 12.1 Å². The second-order valence-corrected chi connectivity index (χ2v) is 6.77. The van der Waals surface area contributed by atoms with Gasteiger partial charge < -0.3 is 10.1 Å². The molecule has 29 heavy (non-hydrogen) atoms. The van der Waals surface area contributed by atoms with Gasteiger partial charge in [-0.1, -0.05) is 54.6 Å². The fourth-order valence-electron chi connectivity index (χ4n) is 3.26. The number of hydrogen-bond acceptors (Lipinski definition) is 3. The molecule has 0 spiro atoms. The van der Waals surface area contributed by atoms with Crippen LogP contribution >= 0.6 is 0 Å². The van der Waals surface area contributed by atoms with Crippen LogP contribution in [0.5, 0.6) is 5.75 Å². The Labute approximate surface area is 170 Å². The minimum atomic E-state index is -0.518. The SMILES string of the molecule is CCOc1ccccc1NC(=O)[C@@H](c1ccccc1)N(C)Cc1ccc(F)cc1. The third-order valence-corrected chi connectivity index (χ3v) is 4.59. The molecule has 3 rings (SSSR count). The van der Waals surface area contributed by atoms with Gasteiger partial charge in [0.15, 0.2) is 0 Å². The van der Waals surface area contributed by atoms with Crippen LogP contribution < -0.4 is 10.1 Å². The molecule has 0 fully saturated rings. The zero-order valence-electron chi connectivity index (χ0n) is 16.6. The minimum absolute atomic E-state index is 0.159. The highest BCUT2D eigenvalue weighted by Gasteiger charge is 2.26. The fraction of sp³-hybridized carbons (Fsp3) is 0.208. The van der Waals surface area contributed by atoms with E-state index in [-0.39, 0.29) is 11.7 Å². The van der Waals surface area contributed by atoms with E-state index >= 15 is 0 Å². The molecule has 1 atom stereocenters. The van der Waals surface area contributed by atoms with Crippen molar-refractivity contribution in [3.05, 3.63) is 95.8 Å². The summed E-state index contributed by atoms with van der Waals surface area (Å²) < 4.78 is 18.9. The Morgan fingerprint density at radius 3 is 2.34 bits per heavy atom. The number of hydrogen-bond donors (Lipinski definition) is 1. The highest BCUT2D eigenvalue weighted by Crippen LogP contribution is 2.28. The molecule has 150 valence electrons. The average Bonchev–Trinajstić information content (AvgIpc) is 2.72. The van der Waals surface area contributed by atoms with E-state index < -0.39 is 6.04 Å². The zero-order valence-corrected chi connectivity index (χ0v) is 16.6. The van der Waals surface area contributed by atoms with E-state index in [9.17, 15) is 9.18 Å². The lowest BCUT2D eigenvalue weighted by Gasteiger charge is -2.28. The Morgan fingerprint density at radius 2 is 1.66 bits per heavy atom. The highest BCUT2D eigenvalue weighted by atomic mass is 19.1. The van der Waals surface area contributed by atoms with E-state index in [0.29, 0.717) is 24.6 Å². The van der Waals surface area contributed by atoms with E-state index in [2.05, 4.69) is 5.32 Å². The van der Waals surface area contributed by atoms with Crippen molar-refractivity contribution in [1.82, 2.24) is 4.90 Å². The molecule has 0 saturated heterocycles. The van der Waals surface area contributed by atoms with Crippen molar-refractivity contribution in [2.24, 2.45) is 0 Å². The first-order valence-corrected chi connectivity index (χ1v) is 9.60. The van der Waals surface area contributed by atoms with Crippen LogP contribution in [0.1, 0.15) is 24.1 Å². The first-order valence-electron chi connectivity index (χ1n) is 9.60. The predicted molar refractivity (Wildman–Crippen MR) is 113 cm³/mol. The van der Waals surface area contributed by atoms with Gasteiger partial charge in [0.25, 0.3) is 0 Å². The maximum atomic E-state index is 13.3. The normalized spacial score (nSPS) is 11.9. The molecular formula is C24H25FN2O2. The molecule has 0 aromatic heterocycles. The van der Waals surface area contributed by atoms with E-state index in [4.69, 9.17) is 4.74 Å². The van der Waals surface area contributed by atoms with Crippen molar-refractivity contribution in [2.45, 2.75) is 19.5 Å². The zero-order chi connectivity index (χ0) is 20.6. The van der Waals surface area contributed by atoms with Gasteiger partial charge in [0.2, 0.25) is 5.91 Å². The van der Waals surface area contributed by atoms with Crippen LogP contribution in [0.3, 0.4) is 0 Å². The topological polar surface area (TPSA) is 41.6 Å². The molecule has 0 unspecified atom stereocenters. The third kappa shape index (κ3) is 5.42. The summed E-state index contributed by atoms with van der Waals surface area (Å²) in [5.41, 5.74) is 2.44. The largest absolute Gasteiger partial charge is 0.492 e. The van der Waals surface area contributed by atoms with Crippen molar-refractivity contribution in [1.29, 1.82) is 0 Å². The maximum absolute atomic E-state index is 13.3. The summed E-state index contributed by atoms with van der Waals surface area (Å²) >= 11 is 0. The highest BCUT2D eigenvalue weighted by molar-refractivity contribution is 5.96. The Morgan fingerprint density at radius 1 is 1.00 bits per heavy atom. The van der Waals surface area contributed by atoms with Crippen LogP contribution in [-0.2, 0) is 11.3 Å². The van der Waals surface area contributed by atoms with Gasteiger partial charge in [0.05, 0.1) is 12.3 Å². The lowest BCUT2D eigenvalue weighted by Crippen LogP contribution is -2.34. The van der Waals surface area contributed by atoms with Crippen LogP contribution in [0.15, 0.2) is 78.9 Å². The molecule has 3 aromatic rings. The molecule has 0 aliphatic rings. The van der Waals surface area contributed by atoms with Crippen molar-refractivity contribution in [2.75, 3.05) is 19.0 Å². The molecule has 0 radical (unpaired) electrons. The smallest absolute Gasteiger partial charge is 0.246 e. The number of carbonyl (C=O) groups is 1. The third-order valence-electron chi connectivity index (χ3n) is 4.59. The number of ether oxygens (including phenoxy) is 1. The molecule has 1 amide bonds. The number of carbonyl (C=O) groups excluding carboxylic acids is 1. The lowest BCUT2D eigenvalue weighted by atomic mass is 10.0. The molecule has 0 aliphatic heterocycles. The summed E-state index contributed by atoms with van der Waals surface area (Å²) in [4.78, 5) is 15.2. The van der Waals surface area contributed by atoms with Crippen molar-refractivity contribution >= 4 is 11.6 Å². The summed E-state index contributed by atoms with van der Waals surface area (Å²) in [6.07, 6.45) is 0. The van der Waals surface area contributed by atoms with Crippen molar-refractivity contribution in [3.8, 4) is 5.75 Å². The summed E-state index contributed by atoms with van der Waals surface area (Å²) in [5.74, 6) is 0.200. The standard InChI is InChI=1S/C24H25FN2O2/c1-3-29-22-12-8-7-11-21(22)26-24(28)23(19-9-5-4-6-10-19)27(2)17-18-13-15-20(25)16-14-18/h4-16,23H,3,17H2,1-2H3,(H,26,28)/t23-/m1/s1. The van der Waals surface area contributed by atoms with Crippen LogP contribution in [0.4, 0.5) is 10.1 Å². The lowest BCUT2D eigenvalue weighted by molar-refractivity contribution is -0.121. The predicted octanol–water partition coefficient (Wildman–Crippen LogP) is 5.04. The van der Waals surface area contributed by atoms with Crippen LogP contribution in [-0.4, -0.2) is 24.5 Å². The Kier molecular flexibility index (Phi) is 6.98. The van der Waals surface area contributed by atoms with Gasteiger partial charge in [0, 0.05) is 6.54 Å². The number of para-hydroxylation sites is 2. The van der Waals surface area contributed by atoms with Gasteiger partial charge in [-0.25, -0.2) is 4.39 Å². The number of rotatable bonds is 8. The monoisotopic (exact) mass is 392 g/mol. The molecule has 3 aromatic carbocycles. The van der Waals surface area contributed by atoms with E-state index in [0.717, 1.165) is 11.1 Å². The molecule has 1 N–H and O–H groups in total. The first kappa shape index (κ1) is 20.6. The van der Waals surface area contributed by atoms with Gasteiger partial charge >= 0.3 is 0 Å². The molecule has 0 aliphatic carbocycles. The van der Waals surface area contributed by atoms with E-state index in [1.165, 1.54) is 12.1 Å². The number of amides is 1. The van der Waals surface area contributed by atoms with Gasteiger partial charge in [0.1, 0.15) is 17.6 Å². The fourth-order valence-corrected chi connectivity index (χ4v) is 3.26. The van der Waals surface area contributed by atoms with Crippen molar-refractivity contribution < 1.29 is 13.9 Å². The number of likely N-dealkylation sites (N-methyl/N-ethyl adjacent to an activating group) is 1. The number of benzene rings is 3. The van der Waals surface area contributed by atoms with Gasteiger partial charge in [-0.15, -0.1) is 0 Å². The summed E-state index contributed by atoms with van der Waals surface area (Å²) in [5, 5.41) is 3.00. The van der Waals surface area contributed by atoms with Gasteiger partial charge in [-0.3, -0.25) is 9.69 Å². The summed E-state index contributed by atoms with van der Waals surface area (Å²) in [6, 6.07) is 22.8. The number of nitrogens with zero attached hydrogens (tertiary/aromatic N) is 1. The van der Waals surface area contributed by atoms with Crippen molar-refractivity contribution in [3.63, 3.8) is 0 Å². The van der Waals surface area contributed by atoms with E-state index in [1.807, 2.05) is 73.5 Å². The molecule has 0 bridgehead atoms. The average molecular weight is 392 g/mol. The summed E-state index contributed by atoms with van der Waals surface area (Å²) in [6.45, 7) is 2.92. The molecule has 4 nitrogen and oxygen atoms in total. The Bertz CT molecular complexity index is 929. The number of anilines is 1. The van der Waals surface area contributed by atoms with Crippen LogP contribution in [0, 0.1) is 5.82 Å². The quantitative estimate of drug-likeness (QED) is 0.584. The summed E-state index contributed by atoms with van der Waals surface area (Å²) in [7, 11) is 1.88. The Balaban J connectivity index is 1.85.